The maximum atomic E-state index is 13.9. The maximum absolute atomic E-state index is 13.9. The molecule has 0 radical (unpaired) electrons. The van der Waals surface area contributed by atoms with Crippen molar-refractivity contribution in [1.29, 1.82) is 0 Å². The number of sulfone groups is 1. The molecule has 15 heterocycles. The van der Waals surface area contributed by atoms with E-state index in [1.807, 2.05) is 138 Å². The summed E-state index contributed by atoms with van der Waals surface area (Å²) in [6, 6.07) is 35.4. The second-order valence-corrected chi connectivity index (χ2v) is 41.8. The molecule has 144 heavy (non-hydrogen) atoms. The Kier molecular flexibility index (Phi) is 32.0. The number of nitrogen functional groups attached to an aromatic ring is 1. The first-order valence-corrected chi connectivity index (χ1v) is 50.7. The molecule has 1 aliphatic heterocycles. The summed E-state index contributed by atoms with van der Waals surface area (Å²) in [6.07, 6.45) is 31.7. The lowest BCUT2D eigenvalue weighted by molar-refractivity contribution is -0.114. The van der Waals surface area contributed by atoms with Gasteiger partial charge in [0.1, 0.15) is 104 Å². The molecule has 5 fully saturated rings. The van der Waals surface area contributed by atoms with E-state index in [1.54, 1.807) is 132 Å². The van der Waals surface area contributed by atoms with Gasteiger partial charge in [-0.05, 0) is 259 Å². The minimum Gasteiger partial charge on any atom is -0.384 e. The van der Waals surface area contributed by atoms with Gasteiger partial charge in [0.2, 0.25) is 10.0 Å². The number of amides is 2. The second kappa shape index (κ2) is 44.8. The summed E-state index contributed by atoms with van der Waals surface area (Å²) < 4.78 is 106. The lowest BCUT2D eigenvalue weighted by atomic mass is 9.49. The summed E-state index contributed by atoms with van der Waals surface area (Å²) in [6.45, 7) is 14.3. The van der Waals surface area contributed by atoms with Crippen molar-refractivity contribution in [2.75, 3.05) is 98.1 Å². The highest BCUT2D eigenvalue weighted by Crippen LogP contribution is 2.60. The Hall–Kier alpha value is -15.5. The van der Waals surface area contributed by atoms with Crippen LogP contribution in [-0.2, 0) is 41.6 Å². The van der Waals surface area contributed by atoms with Crippen molar-refractivity contribution in [2.45, 2.75) is 109 Å². The van der Waals surface area contributed by atoms with Crippen LogP contribution < -0.4 is 41.5 Å². The fraction of sp³-hybridized carbons (Fsp3) is 0.267. The van der Waals surface area contributed by atoms with E-state index in [0.717, 1.165) is 100 Å². The van der Waals surface area contributed by atoms with Crippen LogP contribution in [0.25, 0.3) is 55.6 Å². The molecule has 2 bridgehead atoms. The molecule has 37 nitrogen and oxygen atoms in total. The van der Waals surface area contributed by atoms with Gasteiger partial charge in [-0.15, -0.1) is 0 Å². The van der Waals surface area contributed by atoms with Crippen LogP contribution in [0.4, 0.5) is 72.6 Å². The van der Waals surface area contributed by atoms with Crippen molar-refractivity contribution >= 4 is 117 Å². The van der Waals surface area contributed by atoms with Gasteiger partial charge in [-0.3, -0.25) is 28.8 Å². The second-order valence-electron chi connectivity index (χ2n) is 35.3. The number of pyridine rings is 10. The van der Waals surface area contributed by atoms with Crippen LogP contribution in [0.15, 0.2) is 225 Å². The molecule has 4 saturated carbocycles. The number of nitrogens with one attached hydrogen (secondary N) is 5. The third-order valence-corrected chi connectivity index (χ3v) is 30.1. The fourth-order valence-electron chi connectivity index (χ4n) is 16.0. The monoisotopic (exact) mass is 2020 g/mol. The average Bonchev–Trinajstić information content (AvgIpc) is 0.803. The van der Waals surface area contributed by atoms with E-state index in [1.165, 1.54) is 58.6 Å². The molecule has 0 atom stereocenters. The van der Waals surface area contributed by atoms with Crippen LogP contribution in [0.3, 0.4) is 0 Å². The normalized spacial score (nSPS) is 14.9. The number of nitrogens with two attached hydrogens (primary N) is 1. The van der Waals surface area contributed by atoms with Crippen molar-refractivity contribution < 1.29 is 43.6 Å². The van der Waals surface area contributed by atoms with E-state index in [9.17, 15) is 43.6 Å². The minimum absolute atomic E-state index is 0.00984. The van der Waals surface area contributed by atoms with Gasteiger partial charge in [0.15, 0.2) is 9.84 Å². The number of nitrogens with zero attached hydrogens (tertiary/aromatic N) is 23. The van der Waals surface area contributed by atoms with Crippen LogP contribution in [0.5, 0.6) is 0 Å². The van der Waals surface area contributed by atoms with Crippen molar-refractivity contribution in [1.82, 2.24) is 109 Å². The SMILES string of the molecule is CN(C)c1ncc(-c2ccnc(Nc3ccncn3)c2)cc1C(=O)N(C)C12CC(C1)C2.Cc1c(-c2ccnc(N)c2)cnc(Cl)c1CS(=O)(=O)c1ccc(F)cc1F.Cc1nccc(Nc2cc(-c3cnc(C)c(C(=O)NCC4CC4)c3)ccn2)n1.Cc1nccc(Nc2cc(-c3cnc(C)c(CS(=O)(=O)N(C)C)c3)ccn2)n1.Cc1nccc(Nc2cc(-c3cnc(C)c(N4CCCN(C)S4(=O)=O)c3)ccn2)n1. The van der Waals surface area contributed by atoms with E-state index in [0.29, 0.717) is 151 Å². The standard InChI is InChI=1S/C23H25N7O.C21H22N6O.C20H23N7O2S.C19H22N6O2S.C18H14ClF2N3O2S/c1-29(2)21-18(22(31)30(3)23-10-15(11-23)12-23)8-17(13-26-21)16-4-7-25-20(9-16)28-19-5-6-24-14-27-19;1-13-18(21(28)25-11-15-3-4-15)9-17(12-24-13)16-5-7-23-20(10-16)27-19-6-8-22-14(2)26-19;1-14-18(27-10-4-9-26(3)30(27,28)29)11-17(13-23-14)16-5-7-22-20(12-16)25-19-6-8-21-15(2)24-19;1-13-17(12-28(26,27)25(3)4)9-16(11-22-13)15-5-7-21-19(10-15)24-18-6-8-20-14(2)23-18;1-10-13(11-4-5-23-17(22)6-11)8-24-18(19)14(10)9-27(25,26)16-3-2-12(20)7-15(16)21/h4-9,13-15H,10-12H2,1-3H3,(H,24,25,27,28);5-10,12,15H,3-4,11H2,1-2H3,(H,25,28)(H,22,23,26,27);5-8,11-13H,4,9-10H2,1-3H3,(H,21,22,24,25);5-11H,12H2,1-4H3,(H,20,21,23,24);2-8H,9H2,1H3,(H2,22,23). The zero-order chi connectivity index (χ0) is 102. The third kappa shape index (κ3) is 25.5. The summed E-state index contributed by atoms with van der Waals surface area (Å²) in [5.74, 6) is 6.92. The third-order valence-electron chi connectivity index (χ3n) is 24.4. The summed E-state index contributed by atoms with van der Waals surface area (Å²) in [7, 11) is -0.621. The number of benzene rings is 1. The van der Waals surface area contributed by atoms with Gasteiger partial charge in [0.05, 0.1) is 39.7 Å². The molecule has 0 spiro atoms. The average molecular weight is 2020 g/mol. The molecular formula is C101H106ClF2N29O8S3. The number of hydrogen-bond acceptors (Lipinski definition) is 32. The van der Waals surface area contributed by atoms with Gasteiger partial charge < -0.3 is 42.1 Å². The molecule has 14 aromatic heterocycles. The number of carbonyl (C=O) groups excluding carboxylic acids is 2. The van der Waals surface area contributed by atoms with Crippen LogP contribution in [-0.4, -0.2) is 208 Å². The molecule has 7 N–H and O–H groups in total. The lowest BCUT2D eigenvalue weighted by Gasteiger charge is -2.65. The summed E-state index contributed by atoms with van der Waals surface area (Å²) >= 11 is 6.11. The Balaban J connectivity index is 0.000000136. The van der Waals surface area contributed by atoms with Crippen LogP contribution in [0.1, 0.15) is 110 Å². The number of carbonyl (C=O) groups is 2. The first kappa shape index (κ1) is 103. The van der Waals surface area contributed by atoms with Crippen molar-refractivity contribution in [3.63, 3.8) is 0 Å². The Bertz CT molecular complexity index is 7620. The largest absolute Gasteiger partial charge is 0.384 e. The Labute approximate surface area is 838 Å². The molecule has 4 aliphatic carbocycles. The van der Waals surface area contributed by atoms with Crippen LogP contribution in [0.2, 0.25) is 5.15 Å². The Morgan fingerprint density at radius 1 is 0.500 bits per heavy atom. The smallest absolute Gasteiger partial charge is 0.303 e. The van der Waals surface area contributed by atoms with E-state index >= 15 is 0 Å². The highest BCUT2D eigenvalue weighted by molar-refractivity contribution is 7.91. The van der Waals surface area contributed by atoms with E-state index < -0.39 is 52.4 Å². The fourth-order valence-corrected chi connectivity index (χ4v) is 20.3. The molecule has 5 aliphatic rings. The number of hydrogen-bond donors (Lipinski definition) is 6. The first-order valence-electron chi connectivity index (χ1n) is 45.7. The van der Waals surface area contributed by atoms with Gasteiger partial charge in [0.25, 0.3) is 11.8 Å². The zero-order valence-electron chi connectivity index (χ0n) is 81.2. The molecule has 43 heteroatoms. The predicted octanol–water partition coefficient (Wildman–Crippen LogP) is 16.1. The number of aromatic nitrogens is 18. The van der Waals surface area contributed by atoms with Crippen molar-refractivity contribution in [2.24, 2.45) is 11.8 Å². The summed E-state index contributed by atoms with van der Waals surface area (Å²) in [5, 5.41) is 15.7. The lowest BCUT2D eigenvalue weighted by Crippen LogP contribution is -2.68. The molecule has 2 amide bonds. The molecule has 1 aromatic carbocycles. The molecular weight excluding hydrogens is 1920 g/mol. The molecule has 1 saturated heterocycles. The number of sulfonamides is 1. The Morgan fingerprint density at radius 3 is 1.48 bits per heavy atom. The number of halogens is 3. The molecule has 0 unspecified atom stereocenters. The van der Waals surface area contributed by atoms with Crippen LogP contribution in [0, 0.1) is 71.9 Å². The highest BCUT2D eigenvalue weighted by atomic mass is 35.5. The van der Waals surface area contributed by atoms with Gasteiger partial charge in [-0.2, -0.15) is 12.7 Å². The van der Waals surface area contributed by atoms with Gasteiger partial charge in [0, 0.05) is 199 Å². The molecule has 15 aromatic rings. The van der Waals surface area contributed by atoms with E-state index in [4.69, 9.17) is 17.3 Å². The topological polar surface area (TPSA) is 471 Å². The van der Waals surface area contributed by atoms with E-state index in [2.05, 4.69) is 116 Å². The number of aryl methyl sites for hydroxylation is 6. The number of anilines is 11. The summed E-state index contributed by atoms with van der Waals surface area (Å²) in [4.78, 5) is 106. The minimum atomic E-state index is -4.12. The predicted molar refractivity (Wildman–Crippen MR) is 550 cm³/mol. The molecule has 742 valence electrons. The van der Waals surface area contributed by atoms with Crippen molar-refractivity contribution in [3.8, 4) is 55.6 Å². The molecule has 20 rings (SSSR count). The quantitative estimate of drug-likeness (QED) is 0.0217. The zero-order valence-corrected chi connectivity index (χ0v) is 84.4. The summed E-state index contributed by atoms with van der Waals surface area (Å²) in [5.41, 5.74) is 19.4. The van der Waals surface area contributed by atoms with Gasteiger partial charge in [-0.1, -0.05) is 11.6 Å². The first-order chi connectivity index (χ1) is 68.8. The Morgan fingerprint density at radius 2 is 0.986 bits per heavy atom. The maximum Gasteiger partial charge on any atom is 0.303 e. The highest BCUT2D eigenvalue weighted by Gasteiger charge is 2.60. The number of rotatable bonds is 26. The van der Waals surface area contributed by atoms with Gasteiger partial charge in [-0.25, -0.2) is 105 Å². The van der Waals surface area contributed by atoms with Crippen LogP contribution >= 0.6 is 11.6 Å². The van der Waals surface area contributed by atoms with Gasteiger partial charge >= 0.3 is 10.2 Å². The van der Waals surface area contributed by atoms with E-state index in [-0.39, 0.29) is 33.8 Å². The van der Waals surface area contributed by atoms with Crippen molar-refractivity contribution in [3.05, 3.63) is 300 Å².